The fourth-order valence-electron chi connectivity index (χ4n) is 1.39. The highest BCUT2D eigenvalue weighted by Gasteiger charge is 2.44. The second kappa shape index (κ2) is 4.29. The Bertz CT molecular complexity index is 508. The quantitative estimate of drug-likeness (QED) is 0.589. The largest absolute Gasteiger partial charge is 0.337 e. The summed E-state index contributed by atoms with van der Waals surface area (Å²) in [5.41, 5.74) is 0.424. The highest BCUT2D eigenvalue weighted by molar-refractivity contribution is 6.80. The van der Waals surface area contributed by atoms with Crippen molar-refractivity contribution in [2.45, 2.75) is 3.79 Å². The van der Waals surface area contributed by atoms with Gasteiger partial charge in [-0.1, -0.05) is 53.0 Å². The van der Waals surface area contributed by atoms with Gasteiger partial charge < -0.3 is 0 Å². The lowest BCUT2D eigenvalue weighted by Crippen LogP contribution is -2.40. The highest BCUT2D eigenvalue weighted by Crippen LogP contribution is 2.34. The zero-order chi connectivity index (χ0) is 12.6. The SMILES string of the molecule is O=C1N=C(C(Cl)(Cl)Cl)N(c2ccccc2)C1=O. The van der Waals surface area contributed by atoms with Gasteiger partial charge in [0.15, 0.2) is 5.84 Å². The van der Waals surface area contributed by atoms with Crippen LogP contribution in [0.2, 0.25) is 0 Å². The van der Waals surface area contributed by atoms with Crippen LogP contribution >= 0.6 is 34.8 Å². The van der Waals surface area contributed by atoms with E-state index >= 15 is 0 Å². The number of carbonyl (C=O) groups excluding carboxylic acids is 2. The zero-order valence-electron chi connectivity index (χ0n) is 8.23. The molecule has 7 heteroatoms. The molecule has 0 spiro atoms. The Hall–Kier alpha value is -1.10. The first-order chi connectivity index (χ1) is 7.91. The van der Waals surface area contributed by atoms with Gasteiger partial charge in [0.25, 0.3) is 0 Å². The number of para-hydroxylation sites is 1. The highest BCUT2D eigenvalue weighted by atomic mass is 35.6. The van der Waals surface area contributed by atoms with Gasteiger partial charge in [-0.05, 0) is 12.1 Å². The number of benzene rings is 1. The summed E-state index contributed by atoms with van der Waals surface area (Å²) < 4.78 is -1.93. The van der Waals surface area contributed by atoms with Gasteiger partial charge >= 0.3 is 11.8 Å². The van der Waals surface area contributed by atoms with Gasteiger partial charge in [-0.15, -0.1) is 0 Å². The predicted molar refractivity (Wildman–Crippen MR) is 66.7 cm³/mol. The third-order valence-electron chi connectivity index (χ3n) is 2.07. The molecule has 1 aliphatic heterocycles. The van der Waals surface area contributed by atoms with Crippen LogP contribution in [0.4, 0.5) is 5.69 Å². The number of rotatable bonds is 1. The summed E-state index contributed by atoms with van der Waals surface area (Å²) in [6.45, 7) is 0. The summed E-state index contributed by atoms with van der Waals surface area (Å²) in [4.78, 5) is 27.4. The van der Waals surface area contributed by atoms with Crippen molar-refractivity contribution in [2.24, 2.45) is 4.99 Å². The average Bonchev–Trinajstić information content (AvgIpc) is 2.57. The van der Waals surface area contributed by atoms with Crippen LogP contribution in [0.15, 0.2) is 35.3 Å². The second-order valence-corrected chi connectivity index (χ2v) is 5.50. The summed E-state index contributed by atoms with van der Waals surface area (Å²) >= 11 is 17.0. The number of amides is 2. The zero-order valence-corrected chi connectivity index (χ0v) is 10.5. The molecule has 0 atom stereocenters. The van der Waals surface area contributed by atoms with Crippen LogP contribution in [-0.2, 0) is 9.59 Å². The third-order valence-corrected chi connectivity index (χ3v) is 2.58. The Morgan fingerprint density at radius 3 is 2.18 bits per heavy atom. The van der Waals surface area contributed by atoms with E-state index in [1.807, 2.05) is 0 Å². The Kier molecular flexibility index (Phi) is 3.12. The molecule has 0 radical (unpaired) electrons. The van der Waals surface area contributed by atoms with E-state index in [1.165, 1.54) is 0 Å². The molecule has 2 amide bonds. The summed E-state index contributed by atoms with van der Waals surface area (Å²) in [6.07, 6.45) is 0. The number of halogens is 3. The maximum atomic E-state index is 11.6. The van der Waals surface area contributed by atoms with Crippen molar-refractivity contribution in [3.8, 4) is 0 Å². The molecule has 0 bridgehead atoms. The molecule has 88 valence electrons. The summed E-state index contributed by atoms with van der Waals surface area (Å²) in [5, 5.41) is 0. The lowest BCUT2D eigenvalue weighted by molar-refractivity contribution is -0.134. The van der Waals surface area contributed by atoms with E-state index in [1.54, 1.807) is 30.3 Å². The van der Waals surface area contributed by atoms with E-state index in [0.29, 0.717) is 5.69 Å². The number of anilines is 1. The third kappa shape index (κ3) is 2.29. The van der Waals surface area contributed by atoms with Crippen LogP contribution < -0.4 is 4.90 Å². The van der Waals surface area contributed by atoms with E-state index in [-0.39, 0.29) is 5.84 Å². The smallest absolute Gasteiger partial charge is 0.262 e. The van der Waals surface area contributed by atoms with Gasteiger partial charge in [0.1, 0.15) is 0 Å². The van der Waals surface area contributed by atoms with Crippen LogP contribution in [0, 0.1) is 0 Å². The van der Waals surface area contributed by atoms with E-state index in [2.05, 4.69) is 4.99 Å². The molecular weight excluding hydrogens is 286 g/mol. The predicted octanol–water partition coefficient (Wildman–Crippen LogP) is 2.33. The number of alkyl halides is 3. The van der Waals surface area contributed by atoms with Gasteiger partial charge in [0, 0.05) is 0 Å². The van der Waals surface area contributed by atoms with Crippen molar-refractivity contribution in [3.63, 3.8) is 0 Å². The lowest BCUT2D eigenvalue weighted by atomic mass is 10.3. The number of nitrogens with zero attached hydrogens (tertiary/aromatic N) is 2. The minimum atomic E-state index is -1.93. The Morgan fingerprint density at radius 2 is 1.65 bits per heavy atom. The van der Waals surface area contributed by atoms with Crippen molar-refractivity contribution in [2.75, 3.05) is 4.90 Å². The summed E-state index contributed by atoms with van der Waals surface area (Å²) in [6, 6.07) is 8.38. The van der Waals surface area contributed by atoms with Crippen LogP contribution in [0.25, 0.3) is 0 Å². The summed E-state index contributed by atoms with van der Waals surface area (Å²) in [5.74, 6) is -1.99. The fraction of sp³-hybridized carbons (Fsp3) is 0.100. The maximum absolute atomic E-state index is 11.6. The van der Waals surface area contributed by atoms with Crippen LogP contribution in [0.5, 0.6) is 0 Å². The summed E-state index contributed by atoms with van der Waals surface area (Å²) in [7, 11) is 0. The standard InChI is InChI=1S/C10H5Cl3N2O2/c11-10(12,13)9-14-7(16)8(17)15(9)6-4-2-1-3-5-6/h1-5H. The second-order valence-electron chi connectivity index (χ2n) is 3.21. The maximum Gasteiger partial charge on any atom is 0.337 e. The average molecular weight is 292 g/mol. The topological polar surface area (TPSA) is 49.7 Å². The van der Waals surface area contributed by atoms with Crippen molar-refractivity contribution >= 4 is 58.1 Å². The molecule has 1 aliphatic rings. The van der Waals surface area contributed by atoms with E-state index in [4.69, 9.17) is 34.8 Å². The van der Waals surface area contributed by atoms with Crippen LogP contribution in [0.1, 0.15) is 0 Å². The fourth-order valence-corrected chi connectivity index (χ4v) is 1.77. The number of carbonyl (C=O) groups is 2. The molecule has 2 rings (SSSR count). The van der Waals surface area contributed by atoms with Crippen molar-refractivity contribution < 1.29 is 9.59 Å². The molecule has 4 nitrogen and oxygen atoms in total. The normalized spacial score (nSPS) is 16.4. The molecule has 0 saturated heterocycles. The molecule has 1 heterocycles. The Balaban J connectivity index is 2.49. The Morgan fingerprint density at radius 1 is 1.06 bits per heavy atom. The number of hydrogen-bond acceptors (Lipinski definition) is 2. The van der Waals surface area contributed by atoms with Crippen molar-refractivity contribution in [1.29, 1.82) is 0 Å². The first-order valence-corrected chi connectivity index (χ1v) is 5.64. The van der Waals surface area contributed by atoms with Gasteiger partial charge in [-0.3, -0.25) is 14.5 Å². The molecule has 0 N–H and O–H groups in total. The van der Waals surface area contributed by atoms with Gasteiger partial charge in [-0.25, -0.2) is 0 Å². The van der Waals surface area contributed by atoms with Crippen LogP contribution in [-0.4, -0.2) is 21.4 Å². The van der Waals surface area contributed by atoms with Crippen LogP contribution in [0.3, 0.4) is 0 Å². The van der Waals surface area contributed by atoms with Gasteiger partial charge in [0.05, 0.1) is 5.69 Å². The number of amidine groups is 1. The van der Waals surface area contributed by atoms with Crippen molar-refractivity contribution in [1.82, 2.24) is 0 Å². The molecule has 0 fully saturated rings. The molecule has 0 saturated carbocycles. The molecule has 1 aromatic carbocycles. The first kappa shape index (κ1) is 12.4. The van der Waals surface area contributed by atoms with Crippen molar-refractivity contribution in [3.05, 3.63) is 30.3 Å². The molecule has 17 heavy (non-hydrogen) atoms. The van der Waals surface area contributed by atoms with E-state index < -0.39 is 15.6 Å². The molecule has 0 aromatic heterocycles. The van der Waals surface area contributed by atoms with Gasteiger partial charge in [-0.2, -0.15) is 4.99 Å². The molecular formula is C10H5Cl3N2O2. The minimum absolute atomic E-state index is 0.205. The first-order valence-electron chi connectivity index (χ1n) is 4.50. The molecule has 1 aromatic rings. The number of hydrogen-bond donors (Lipinski definition) is 0. The van der Waals surface area contributed by atoms with Gasteiger partial charge in [0.2, 0.25) is 3.79 Å². The monoisotopic (exact) mass is 290 g/mol. The van der Waals surface area contributed by atoms with E-state index in [0.717, 1.165) is 4.90 Å². The minimum Gasteiger partial charge on any atom is -0.262 e. The Labute approximate surface area is 112 Å². The number of aliphatic imine (C=N–C) groups is 1. The molecule has 0 aliphatic carbocycles. The lowest BCUT2D eigenvalue weighted by Gasteiger charge is -2.21. The molecule has 0 unspecified atom stereocenters. The van der Waals surface area contributed by atoms with E-state index in [9.17, 15) is 9.59 Å².